The van der Waals surface area contributed by atoms with Crippen LogP contribution in [-0.4, -0.2) is 108 Å². The first-order valence-corrected chi connectivity index (χ1v) is 22.2. The summed E-state index contributed by atoms with van der Waals surface area (Å²) in [6.07, 6.45) is 4.41. The van der Waals surface area contributed by atoms with Crippen molar-refractivity contribution in [3.63, 3.8) is 0 Å². The number of unbranched alkanes of at least 4 members (excludes halogenated alkanes) is 2. The maximum absolute atomic E-state index is 13.6. The first kappa shape index (κ1) is 48.0. The number of thiazole rings is 1. The van der Waals surface area contributed by atoms with Crippen molar-refractivity contribution in [3.05, 3.63) is 40.9 Å². The van der Waals surface area contributed by atoms with E-state index >= 15 is 0 Å². The lowest BCUT2D eigenvalue weighted by Gasteiger charge is -2.64. The average molecular weight is 869 g/mol. The molecule has 14 N–H and O–H groups in total. The topological polar surface area (TPSA) is 301 Å². The molecule has 1 aromatic heterocycles. The monoisotopic (exact) mass is 868 g/mol. The Morgan fingerprint density at radius 3 is 2.21 bits per heavy atom. The van der Waals surface area contributed by atoms with Gasteiger partial charge in [0.25, 0.3) is 11.8 Å². The van der Waals surface area contributed by atoms with Crippen molar-refractivity contribution in [2.45, 2.75) is 141 Å². The van der Waals surface area contributed by atoms with Gasteiger partial charge in [-0.25, -0.2) is 4.98 Å². The second kappa shape index (κ2) is 20.9. The molecule has 3 aliphatic carbocycles. The minimum Gasteiger partial charge on any atom is -0.403 e. The number of aromatic nitrogens is 1. The quantitative estimate of drug-likeness (QED) is 0.0429. The molecule has 3 saturated carbocycles. The van der Waals surface area contributed by atoms with Crippen molar-refractivity contribution in [2.75, 3.05) is 13.1 Å². The number of aryl methyl sites for hydroxylation is 1. The summed E-state index contributed by atoms with van der Waals surface area (Å²) in [7, 11) is -0.898. The number of rotatable bonds is 22. The second-order valence-corrected chi connectivity index (χ2v) is 18.4. The van der Waals surface area contributed by atoms with Gasteiger partial charge in [0.05, 0.1) is 24.0 Å². The summed E-state index contributed by atoms with van der Waals surface area (Å²) >= 11 is 1.16. The molecular weight excluding hydrogens is 803 g/mol. The van der Waals surface area contributed by atoms with Gasteiger partial charge in [-0.05, 0) is 101 Å². The Morgan fingerprint density at radius 2 is 1.57 bits per heavy atom. The van der Waals surface area contributed by atoms with Crippen LogP contribution < -0.4 is 49.5 Å². The van der Waals surface area contributed by atoms with Crippen molar-refractivity contribution < 1.29 is 38.4 Å². The number of nitrogens with zero attached hydrogens (tertiary/aromatic N) is 1. The predicted octanol–water partition coefficient (Wildman–Crippen LogP) is 0.149. The van der Waals surface area contributed by atoms with Crippen LogP contribution in [0.4, 0.5) is 0 Å². The third-order valence-electron chi connectivity index (χ3n) is 12.6. The van der Waals surface area contributed by atoms with Crippen molar-refractivity contribution in [1.29, 1.82) is 0 Å². The van der Waals surface area contributed by atoms with E-state index in [9.17, 15) is 29.1 Å². The highest BCUT2D eigenvalue weighted by molar-refractivity contribution is 7.16. The SMILES string of the molecule is CCCCc1ccc(-c2ncc(C(=O)N[C@@H](CCN)C(=O)N[C@H](C(=O)N[C@@H](N)C(=O)N[C@@H](CCCCN)C(=O)N[C@@H](N)B3OC4C[C@@H]5C[C@@H](C5(C)C)[C@]4(C)O3)[C@@H](C)O)s2)cc1. The van der Waals surface area contributed by atoms with Gasteiger partial charge in [0, 0.05) is 5.56 Å². The van der Waals surface area contributed by atoms with Gasteiger partial charge in [-0.1, -0.05) is 51.5 Å². The summed E-state index contributed by atoms with van der Waals surface area (Å²) in [6, 6.07) is 3.05. The van der Waals surface area contributed by atoms with Gasteiger partial charge in [-0.2, -0.15) is 0 Å². The van der Waals surface area contributed by atoms with Crippen molar-refractivity contribution in [1.82, 2.24) is 31.6 Å². The van der Waals surface area contributed by atoms with Gasteiger partial charge in [-0.3, -0.25) is 24.0 Å². The van der Waals surface area contributed by atoms with E-state index in [0.717, 1.165) is 49.0 Å². The fraction of sp³-hybridized carbons (Fsp3) is 0.659. The molecular formula is C41H65BN10O8S. The van der Waals surface area contributed by atoms with E-state index in [2.05, 4.69) is 52.3 Å². The Bertz CT molecular complexity index is 1850. The van der Waals surface area contributed by atoms with E-state index in [-0.39, 0.29) is 35.8 Å². The molecule has 0 radical (unpaired) electrons. The predicted molar refractivity (Wildman–Crippen MR) is 232 cm³/mol. The molecule has 6 rings (SSSR count). The van der Waals surface area contributed by atoms with E-state index in [0.29, 0.717) is 36.2 Å². The highest BCUT2D eigenvalue weighted by Crippen LogP contribution is 2.65. The highest BCUT2D eigenvalue weighted by atomic mass is 32.1. The maximum atomic E-state index is 13.6. The van der Waals surface area contributed by atoms with Crippen LogP contribution in [0.5, 0.6) is 0 Å². The lowest BCUT2D eigenvalue weighted by atomic mass is 9.43. The Kier molecular flexibility index (Phi) is 16.5. The lowest BCUT2D eigenvalue weighted by molar-refractivity contribution is -0.199. The molecule has 5 amide bonds. The van der Waals surface area contributed by atoms with Crippen LogP contribution >= 0.6 is 11.3 Å². The minimum absolute atomic E-state index is 0.00778. The summed E-state index contributed by atoms with van der Waals surface area (Å²) in [5.74, 6) is -3.08. The third-order valence-corrected chi connectivity index (χ3v) is 13.7. The van der Waals surface area contributed by atoms with Gasteiger partial charge in [-0.15, -0.1) is 11.3 Å². The van der Waals surface area contributed by atoms with E-state index in [1.807, 2.05) is 31.2 Å². The zero-order chi connectivity index (χ0) is 44.6. The molecule has 4 fully saturated rings. The Labute approximate surface area is 362 Å². The molecule has 1 aromatic carbocycles. The average Bonchev–Trinajstić information content (AvgIpc) is 3.86. The largest absolute Gasteiger partial charge is 0.497 e. The van der Waals surface area contributed by atoms with Gasteiger partial charge in [0.1, 0.15) is 34.1 Å². The number of hydrogen-bond acceptors (Lipinski definition) is 14. The fourth-order valence-corrected chi connectivity index (χ4v) is 9.57. The van der Waals surface area contributed by atoms with E-state index in [4.69, 9.17) is 32.2 Å². The number of aliphatic hydroxyl groups excluding tert-OH is 1. The summed E-state index contributed by atoms with van der Waals surface area (Å²) in [6.45, 7) is 10.3. The van der Waals surface area contributed by atoms with E-state index in [1.165, 1.54) is 18.7 Å². The zero-order valence-electron chi connectivity index (χ0n) is 35.9. The Hall–Kier alpha value is -4.02. The van der Waals surface area contributed by atoms with Crippen molar-refractivity contribution in [2.24, 2.45) is 40.2 Å². The standard InChI is InChI=1S/C41H65BN10O8S/c1-6-7-10-23-12-14-24(15-13-23)38-47-21-28(61-38)35(56)48-27(16-18-44)33(54)50-31(22(2)53)36(57)51-32(45)37(58)49-26(11-8-9-17-43)34(55)52-39(46)42-59-30-20-25-19-29(40(25,3)4)41(30,5)60-42/h12-15,21-22,25-27,29-32,39,53H,6-11,16-20,43-46H2,1-5H3,(H,48,56)(H,49,58)(H,50,54)(H,51,57)(H,52,55)/t22-,25+,26+,27+,29+,30?,31+,32-,39-,41+/m1/s1. The molecule has 2 aromatic rings. The van der Waals surface area contributed by atoms with Crippen LogP contribution in [0.15, 0.2) is 30.5 Å². The van der Waals surface area contributed by atoms with Crippen molar-refractivity contribution in [3.8, 4) is 10.6 Å². The van der Waals surface area contributed by atoms with E-state index < -0.39 is 78.7 Å². The van der Waals surface area contributed by atoms with Crippen LogP contribution in [0.1, 0.15) is 101 Å². The zero-order valence-corrected chi connectivity index (χ0v) is 36.7. The van der Waals surface area contributed by atoms with Crippen LogP contribution in [0.25, 0.3) is 10.6 Å². The number of nitrogens with one attached hydrogen (secondary N) is 5. The summed E-state index contributed by atoms with van der Waals surface area (Å²) in [4.78, 5) is 71.7. The van der Waals surface area contributed by atoms with Crippen molar-refractivity contribution >= 4 is 48.0 Å². The Morgan fingerprint density at radius 1 is 0.885 bits per heavy atom. The number of amides is 5. The summed E-state index contributed by atoms with van der Waals surface area (Å²) in [5, 5.41) is 23.8. The first-order valence-electron chi connectivity index (χ1n) is 21.4. The fourth-order valence-electron chi connectivity index (χ4n) is 8.75. The molecule has 2 bridgehead atoms. The number of benzene rings is 1. The van der Waals surface area contributed by atoms with E-state index in [1.54, 1.807) is 0 Å². The molecule has 10 atom stereocenters. The minimum atomic E-state index is -1.70. The van der Waals surface area contributed by atoms with Crippen LogP contribution in [0, 0.1) is 17.3 Å². The molecule has 61 heavy (non-hydrogen) atoms. The lowest BCUT2D eigenvalue weighted by Crippen LogP contribution is -2.65. The van der Waals surface area contributed by atoms with Gasteiger partial charge in [0.15, 0.2) is 6.17 Å². The van der Waals surface area contributed by atoms with Crippen LogP contribution in [0.2, 0.25) is 0 Å². The second-order valence-electron chi connectivity index (χ2n) is 17.4. The normalized spacial score (nSPS) is 24.2. The Balaban J connectivity index is 1.15. The van der Waals surface area contributed by atoms with Gasteiger partial charge >= 0.3 is 7.12 Å². The van der Waals surface area contributed by atoms with Gasteiger partial charge < -0.3 is 63.9 Å². The number of hydrogen-bond donors (Lipinski definition) is 10. The third kappa shape index (κ3) is 11.3. The molecule has 1 saturated heterocycles. The van der Waals surface area contributed by atoms with Crippen LogP contribution in [-0.2, 0) is 34.9 Å². The number of nitrogens with two attached hydrogens (primary N) is 4. The smallest absolute Gasteiger partial charge is 0.403 e. The first-order chi connectivity index (χ1) is 28.9. The maximum Gasteiger partial charge on any atom is 0.497 e. The summed E-state index contributed by atoms with van der Waals surface area (Å²) < 4.78 is 12.6. The highest BCUT2D eigenvalue weighted by Gasteiger charge is 2.68. The number of carbonyl (C=O) groups is 5. The molecule has 0 spiro atoms. The molecule has 20 heteroatoms. The van der Waals surface area contributed by atoms with Crippen LogP contribution in [0.3, 0.4) is 0 Å². The molecule has 1 unspecified atom stereocenters. The molecule has 336 valence electrons. The molecule has 18 nitrogen and oxygen atoms in total. The number of carbonyl (C=O) groups excluding carboxylic acids is 5. The summed E-state index contributed by atoms with van der Waals surface area (Å²) in [5.41, 5.74) is 25.6. The number of aliphatic hydroxyl groups is 1. The molecule has 4 aliphatic rings. The molecule has 2 heterocycles. The molecule has 1 aliphatic heterocycles. The van der Waals surface area contributed by atoms with Gasteiger partial charge in [0.2, 0.25) is 17.7 Å².